The molecule has 0 aromatic heterocycles. The lowest BCUT2D eigenvalue weighted by atomic mass is 10.1. The number of nitrogens with zero attached hydrogens (tertiary/aromatic N) is 1. The van der Waals surface area contributed by atoms with Gasteiger partial charge < -0.3 is 4.90 Å². The third kappa shape index (κ3) is 4.20. The number of hydrogen-bond acceptors (Lipinski definition) is 1. The molecular weight excluding hydrogens is 397 g/mol. The zero-order valence-electron chi connectivity index (χ0n) is 12.1. The highest BCUT2D eigenvalue weighted by atomic mass is 127. The van der Waals surface area contributed by atoms with Gasteiger partial charge in [-0.25, -0.2) is 0 Å². The average Bonchev–Trinajstić information content (AvgIpc) is 2.50. The van der Waals surface area contributed by atoms with Crippen molar-refractivity contribution in [3.05, 3.63) is 67.7 Å². The van der Waals surface area contributed by atoms with Crippen LogP contribution in [0.15, 0.2) is 42.5 Å². The summed E-state index contributed by atoms with van der Waals surface area (Å²) < 4.78 is 0.948. The fourth-order valence-electron chi connectivity index (χ4n) is 2.08. The molecular formula is C17H17ClINO. The van der Waals surface area contributed by atoms with Crippen molar-refractivity contribution in [2.75, 3.05) is 7.05 Å². The first kappa shape index (κ1) is 16.3. The number of amides is 1. The minimum atomic E-state index is -0.0205. The standard InChI is InChI=1S/C17H17ClINO/c1-3-12-4-6-13(7-5-12)11-20(2)17(21)14-8-9-16(19)15(18)10-14/h4-10H,3,11H2,1-2H3. The highest BCUT2D eigenvalue weighted by Gasteiger charge is 2.13. The number of halogens is 2. The van der Waals surface area contributed by atoms with E-state index in [9.17, 15) is 4.79 Å². The Morgan fingerprint density at radius 3 is 2.33 bits per heavy atom. The zero-order valence-corrected chi connectivity index (χ0v) is 15.0. The molecule has 110 valence electrons. The lowest BCUT2D eigenvalue weighted by molar-refractivity contribution is 0.0785. The van der Waals surface area contributed by atoms with E-state index in [4.69, 9.17) is 11.6 Å². The van der Waals surface area contributed by atoms with Crippen LogP contribution in [0, 0.1) is 3.57 Å². The highest BCUT2D eigenvalue weighted by molar-refractivity contribution is 14.1. The molecule has 2 nitrogen and oxygen atoms in total. The number of aryl methyl sites for hydroxylation is 1. The SMILES string of the molecule is CCc1ccc(CN(C)C(=O)c2ccc(I)c(Cl)c2)cc1. The molecule has 0 saturated carbocycles. The van der Waals surface area contributed by atoms with Gasteiger partial charge in [0.1, 0.15) is 0 Å². The summed E-state index contributed by atoms with van der Waals surface area (Å²) in [4.78, 5) is 14.1. The van der Waals surface area contributed by atoms with Crippen LogP contribution in [-0.2, 0) is 13.0 Å². The third-order valence-electron chi connectivity index (χ3n) is 3.36. The average molecular weight is 414 g/mol. The molecule has 2 aromatic rings. The Morgan fingerprint density at radius 1 is 1.14 bits per heavy atom. The van der Waals surface area contributed by atoms with Crippen molar-refractivity contribution in [1.82, 2.24) is 4.90 Å². The van der Waals surface area contributed by atoms with Gasteiger partial charge in [0.05, 0.1) is 5.02 Å². The van der Waals surface area contributed by atoms with E-state index in [0.29, 0.717) is 17.1 Å². The van der Waals surface area contributed by atoms with E-state index in [-0.39, 0.29) is 5.91 Å². The minimum absolute atomic E-state index is 0.0205. The van der Waals surface area contributed by atoms with Crippen LogP contribution in [-0.4, -0.2) is 17.9 Å². The van der Waals surface area contributed by atoms with E-state index in [1.54, 1.807) is 11.0 Å². The summed E-state index contributed by atoms with van der Waals surface area (Å²) in [5.74, 6) is -0.0205. The fourth-order valence-corrected chi connectivity index (χ4v) is 2.59. The van der Waals surface area contributed by atoms with Crippen molar-refractivity contribution >= 4 is 40.1 Å². The molecule has 0 aliphatic heterocycles. The van der Waals surface area contributed by atoms with Crippen LogP contribution in [0.3, 0.4) is 0 Å². The van der Waals surface area contributed by atoms with Crippen LogP contribution in [0.5, 0.6) is 0 Å². The Bertz CT molecular complexity index is 640. The Morgan fingerprint density at radius 2 is 1.76 bits per heavy atom. The van der Waals surface area contributed by atoms with Crippen molar-refractivity contribution in [3.8, 4) is 0 Å². The van der Waals surface area contributed by atoms with Gasteiger partial charge in [-0.05, 0) is 58.3 Å². The summed E-state index contributed by atoms with van der Waals surface area (Å²) in [7, 11) is 1.81. The number of rotatable bonds is 4. The van der Waals surface area contributed by atoms with Gasteiger partial charge in [-0.2, -0.15) is 0 Å². The third-order valence-corrected chi connectivity index (χ3v) is 4.94. The molecule has 4 heteroatoms. The summed E-state index contributed by atoms with van der Waals surface area (Å²) in [6.07, 6.45) is 1.02. The summed E-state index contributed by atoms with van der Waals surface area (Å²) >= 11 is 8.23. The van der Waals surface area contributed by atoms with Crippen molar-refractivity contribution < 1.29 is 4.79 Å². The van der Waals surface area contributed by atoms with Gasteiger partial charge in [-0.1, -0.05) is 42.8 Å². The fraction of sp³-hybridized carbons (Fsp3) is 0.235. The van der Waals surface area contributed by atoms with Gasteiger partial charge >= 0.3 is 0 Å². The first-order valence-electron chi connectivity index (χ1n) is 6.79. The van der Waals surface area contributed by atoms with Gasteiger partial charge in [0.2, 0.25) is 0 Å². The first-order valence-corrected chi connectivity index (χ1v) is 8.25. The largest absolute Gasteiger partial charge is 0.337 e. The number of carbonyl (C=O) groups excluding carboxylic acids is 1. The van der Waals surface area contributed by atoms with Crippen LogP contribution < -0.4 is 0 Å². The second kappa shape index (κ2) is 7.27. The summed E-state index contributed by atoms with van der Waals surface area (Å²) in [5, 5.41) is 0.613. The van der Waals surface area contributed by atoms with Gasteiger partial charge in [0.25, 0.3) is 5.91 Å². The molecule has 0 unspecified atom stereocenters. The Balaban J connectivity index is 2.09. The van der Waals surface area contributed by atoms with E-state index in [2.05, 4.69) is 53.8 Å². The summed E-state index contributed by atoms with van der Waals surface area (Å²) in [5.41, 5.74) is 3.05. The van der Waals surface area contributed by atoms with Gasteiger partial charge in [0, 0.05) is 22.7 Å². The van der Waals surface area contributed by atoms with Crippen molar-refractivity contribution in [2.45, 2.75) is 19.9 Å². The number of hydrogen-bond donors (Lipinski definition) is 0. The molecule has 0 aliphatic rings. The smallest absolute Gasteiger partial charge is 0.253 e. The molecule has 0 aliphatic carbocycles. The Hall–Kier alpha value is -1.07. The maximum absolute atomic E-state index is 12.4. The normalized spacial score (nSPS) is 10.5. The van der Waals surface area contributed by atoms with Gasteiger partial charge in [-0.3, -0.25) is 4.79 Å². The lowest BCUT2D eigenvalue weighted by Gasteiger charge is -2.18. The molecule has 0 spiro atoms. The van der Waals surface area contributed by atoms with E-state index in [0.717, 1.165) is 15.6 Å². The van der Waals surface area contributed by atoms with E-state index in [1.165, 1.54) is 5.56 Å². The number of carbonyl (C=O) groups is 1. The monoisotopic (exact) mass is 413 g/mol. The Kier molecular flexibility index (Phi) is 5.65. The molecule has 0 fully saturated rings. The molecule has 0 heterocycles. The predicted octanol–water partition coefficient (Wildman–Crippen LogP) is 4.78. The minimum Gasteiger partial charge on any atom is -0.337 e. The highest BCUT2D eigenvalue weighted by Crippen LogP contribution is 2.20. The van der Waals surface area contributed by atoms with Gasteiger partial charge in [0.15, 0.2) is 0 Å². The molecule has 2 rings (SSSR count). The van der Waals surface area contributed by atoms with E-state index >= 15 is 0 Å². The van der Waals surface area contributed by atoms with Gasteiger partial charge in [-0.15, -0.1) is 0 Å². The van der Waals surface area contributed by atoms with Crippen molar-refractivity contribution in [1.29, 1.82) is 0 Å². The second-order valence-electron chi connectivity index (χ2n) is 4.96. The van der Waals surface area contributed by atoms with Crippen LogP contribution in [0.1, 0.15) is 28.4 Å². The van der Waals surface area contributed by atoms with Crippen LogP contribution >= 0.6 is 34.2 Å². The maximum Gasteiger partial charge on any atom is 0.253 e. The molecule has 1 amide bonds. The topological polar surface area (TPSA) is 20.3 Å². The molecule has 0 saturated heterocycles. The molecule has 0 bridgehead atoms. The summed E-state index contributed by atoms with van der Waals surface area (Å²) in [6.45, 7) is 2.72. The van der Waals surface area contributed by atoms with Crippen LogP contribution in [0.25, 0.3) is 0 Å². The number of benzene rings is 2. The van der Waals surface area contributed by atoms with E-state index < -0.39 is 0 Å². The lowest BCUT2D eigenvalue weighted by Crippen LogP contribution is -2.26. The first-order chi connectivity index (χ1) is 10.0. The quantitative estimate of drug-likeness (QED) is 0.661. The van der Waals surface area contributed by atoms with Crippen molar-refractivity contribution in [3.63, 3.8) is 0 Å². The van der Waals surface area contributed by atoms with Crippen molar-refractivity contribution in [2.24, 2.45) is 0 Å². The summed E-state index contributed by atoms with van der Waals surface area (Å²) in [6, 6.07) is 13.8. The van der Waals surface area contributed by atoms with Crippen LogP contribution in [0.2, 0.25) is 5.02 Å². The van der Waals surface area contributed by atoms with Crippen LogP contribution in [0.4, 0.5) is 0 Å². The van der Waals surface area contributed by atoms with E-state index in [1.807, 2.05) is 19.2 Å². The molecule has 0 radical (unpaired) electrons. The Labute approximate surface area is 144 Å². The zero-order chi connectivity index (χ0) is 15.4. The molecule has 0 atom stereocenters. The molecule has 0 N–H and O–H groups in total. The predicted molar refractivity (Wildman–Crippen MR) is 95.8 cm³/mol. The second-order valence-corrected chi connectivity index (χ2v) is 6.53. The molecule has 2 aromatic carbocycles. The molecule has 21 heavy (non-hydrogen) atoms. The maximum atomic E-state index is 12.4.